The molecule has 0 spiro atoms. The molecule has 0 atom stereocenters. The Labute approximate surface area is 105 Å². The topological polar surface area (TPSA) is 52.8 Å². The van der Waals surface area contributed by atoms with E-state index in [0.29, 0.717) is 24.4 Å². The highest BCUT2D eigenvalue weighted by Gasteiger charge is 2.15. The molecule has 0 saturated heterocycles. The first-order valence-corrected chi connectivity index (χ1v) is 5.81. The van der Waals surface area contributed by atoms with Gasteiger partial charge in [-0.05, 0) is 26.0 Å². The molecule has 0 saturated carbocycles. The monoisotopic (exact) mass is 248 g/mol. The predicted molar refractivity (Wildman–Crippen MR) is 66.6 cm³/mol. The lowest BCUT2D eigenvalue weighted by Gasteiger charge is -2.07. The number of esters is 1. The highest BCUT2D eigenvalue weighted by atomic mass is 16.5. The van der Waals surface area contributed by atoms with E-state index in [-0.39, 0.29) is 5.97 Å². The molecule has 0 unspecified atom stereocenters. The van der Waals surface area contributed by atoms with Crippen LogP contribution < -0.4 is 0 Å². The maximum atomic E-state index is 11.8. The number of carbonyl (C=O) groups excluding carboxylic acids is 1. The second-order valence-corrected chi connectivity index (χ2v) is 3.97. The molecule has 0 amide bonds. The lowest BCUT2D eigenvalue weighted by molar-refractivity contribution is 0.0528. The number of carbonyl (C=O) groups is 1. The molecule has 0 aliphatic rings. The fourth-order valence-corrected chi connectivity index (χ4v) is 1.91. The van der Waals surface area contributed by atoms with Gasteiger partial charge in [-0.2, -0.15) is 0 Å². The summed E-state index contributed by atoms with van der Waals surface area (Å²) >= 11 is 0. The van der Waals surface area contributed by atoms with Crippen LogP contribution >= 0.6 is 0 Å². The molecule has 0 radical (unpaired) electrons. The molecule has 2 rings (SSSR count). The van der Waals surface area contributed by atoms with Gasteiger partial charge >= 0.3 is 5.97 Å². The van der Waals surface area contributed by atoms with Crippen molar-refractivity contribution in [3.05, 3.63) is 35.3 Å². The Kier molecular flexibility index (Phi) is 3.62. The Morgan fingerprint density at radius 2 is 2.28 bits per heavy atom. The normalized spacial score (nSPS) is 10.8. The van der Waals surface area contributed by atoms with Crippen LogP contribution in [0.2, 0.25) is 0 Å². The Hall–Kier alpha value is -1.88. The van der Waals surface area contributed by atoms with Crippen molar-refractivity contribution < 1.29 is 14.3 Å². The Balaban J connectivity index is 2.55. The van der Waals surface area contributed by atoms with Crippen LogP contribution in [0.15, 0.2) is 18.3 Å². The third kappa shape index (κ3) is 2.22. The first-order valence-electron chi connectivity index (χ1n) is 5.81. The van der Waals surface area contributed by atoms with Gasteiger partial charge in [0, 0.05) is 19.0 Å². The fraction of sp³-hybridized carbons (Fsp3) is 0.385. The highest BCUT2D eigenvalue weighted by Crippen LogP contribution is 2.16. The zero-order valence-corrected chi connectivity index (χ0v) is 10.8. The van der Waals surface area contributed by atoms with Crippen molar-refractivity contribution in [2.75, 3.05) is 13.7 Å². The van der Waals surface area contributed by atoms with Crippen LogP contribution in [0.5, 0.6) is 0 Å². The number of rotatable bonds is 4. The van der Waals surface area contributed by atoms with E-state index in [1.807, 2.05) is 23.6 Å². The zero-order chi connectivity index (χ0) is 13.1. The summed E-state index contributed by atoms with van der Waals surface area (Å²) in [6.07, 6.45) is 1.81. The van der Waals surface area contributed by atoms with Gasteiger partial charge in [-0.25, -0.2) is 9.78 Å². The second-order valence-electron chi connectivity index (χ2n) is 3.97. The number of nitrogens with zero attached hydrogens (tertiary/aromatic N) is 2. The largest absolute Gasteiger partial charge is 0.462 e. The van der Waals surface area contributed by atoms with Crippen LogP contribution in [-0.2, 0) is 16.1 Å². The summed E-state index contributed by atoms with van der Waals surface area (Å²) in [5, 5.41) is 0. The molecular formula is C13H16N2O3. The number of ether oxygens (including phenoxy) is 2. The average Bonchev–Trinajstić information content (AvgIpc) is 2.73. The number of hydrogen-bond acceptors (Lipinski definition) is 4. The van der Waals surface area contributed by atoms with E-state index in [0.717, 1.165) is 11.4 Å². The molecule has 0 N–H and O–H groups in total. The highest BCUT2D eigenvalue weighted by molar-refractivity contribution is 5.96. The van der Waals surface area contributed by atoms with Crippen molar-refractivity contribution in [3.8, 4) is 0 Å². The smallest absolute Gasteiger partial charge is 0.341 e. The SMILES string of the molecule is CCOC(=O)c1ccn2c(COC)cc(C)nc12. The van der Waals surface area contributed by atoms with Gasteiger partial charge in [0.1, 0.15) is 5.56 Å². The zero-order valence-electron chi connectivity index (χ0n) is 10.8. The molecule has 5 nitrogen and oxygen atoms in total. The summed E-state index contributed by atoms with van der Waals surface area (Å²) in [7, 11) is 1.64. The lowest BCUT2D eigenvalue weighted by Crippen LogP contribution is -2.07. The first kappa shape index (κ1) is 12.6. The van der Waals surface area contributed by atoms with Gasteiger partial charge in [-0.15, -0.1) is 0 Å². The van der Waals surface area contributed by atoms with Crippen molar-refractivity contribution in [2.45, 2.75) is 20.5 Å². The van der Waals surface area contributed by atoms with Gasteiger partial charge in [0.25, 0.3) is 0 Å². The minimum absolute atomic E-state index is 0.346. The van der Waals surface area contributed by atoms with E-state index in [1.54, 1.807) is 20.1 Å². The summed E-state index contributed by atoms with van der Waals surface area (Å²) in [5.41, 5.74) is 2.90. The fourth-order valence-electron chi connectivity index (χ4n) is 1.91. The van der Waals surface area contributed by atoms with Crippen LogP contribution in [0.4, 0.5) is 0 Å². The average molecular weight is 248 g/mol. The molecule has 0 aliphatic carbocycles. The van der Waals surface area contributed by atoms with Crippen LogP contribution in [-0.4, -0.2) is 29.1 Å². The summed E-state index contributed by atoms with van der Waals surface area (Å²) in [6.45, 7) is 4.50. The van der Waals surface area contributed by atoms with Crippen LogP contribution in [0, 0.1) is 6.92 Å². The van der Waals surface area contributed by atoms with E-state index < -0.39 is 0 Å². The van der Waals surface area contributed by atoms with Crippen LogP contribution in [0.3, 0.4) is 0 Å². The molecule has 96 valence electrons. The van der Waals surface area contributed by atoms with Crippen LogP contribution in [0.25, 0.3) is 5.65 Å². The Morgan fingerprint density at radius 1 is 1.50 bits per heavy atom. The molecule has 0 aromatic carbocycles. The Bertz CT molecular complexity index is 575. The lowest BCUT2D eigenvalue weighted by atomic mass is 10.3. The summed E-state index contributed by atoms with van der Waals surface area (Å²) in [4.78, 5) is 16.2. The third-order valence-electron chi connectivity index (χ3n) is 2.61. The number of aryl methyl sites for hydroxylation is 1. The van der Waals surface area contributed by atoms with Gasteiger partial charge < -0.3 is 13.9 Å². The van der Waals surface area contributed by atoms with Gasteiger partial charge in [-0.1, -0.05) is 0 Å². The number of methoxy groups -OCH3 is 1. The molecular weight excluding hydrogens is 232 g/mol. The molecule has 0 bridgehead atoms. The predicted octanol–water partition coefficient (Wildman–Crippen LogP) is 1.97. The van der Waals surface area contributed by atoms with E-state index in [9.17, 15) is 4.79 Å². The molecule has 5 heteroatoms. The van der Waals surface area contributed by atoms with E-state index in [1.165, 1.54) is 0 Å². The summed E-state index contributed by atoms with van der Waals surface area (Å²) in [6, 6.07) is 3.66. The van der Waals surface area contributed by atoms with Crippen molar-refractivity contribution in [2.24, 2.45) is 0 Å². The quantitative estimate of drug-likeness (QED) is 0.776. The minimum atomic E-state index is -0.346. The van der Waals surface area contributed by atoms with Crippen molar-refractivity contribution >= 4 is 11.6 Å². The molecule has 0 aliphatic heterocycles. The van der Waals surface area contributed by atoms with Crippen molar-refractivity contribution in [3.63, 3.8) is 0 Å². The molecule has 18 heavy (non-hydrogen) atoms. The second kappa shape index (κ2) is 5.18. The van der Waals surface area contributed by atoms with Crippen molar-refractivity contribution in [1.29, 1.82) is 0 Å². The van der Waals surface area contributed by atoms with E-state index in [2.05, 4.69) is 4.98 Å². The maximum absolute atomic E-state index is 11.8. The molecule has 2 aromatic heterocycles. The third-order valence-corrected chi connectivity index (χ3v) is 2.61. The van der Waals surface area contributed by atoms with Crippen LogP contribution in [0.1, 0.15) is 28.7 Å². The standard InChI is InChI=1S/C13H16N2O3/c1-4-18-13(16)11-5-6-15-10(8-17-3)7-9(2)14-12(11)15/h5-7H,4,8H2,1-3H3. The van der Waals surface area contributed by atoms with E-state index >= 15 is 0 Å². The van der Waals surface area contributed by atoms with E-state index in [4.69, 9.17) is 9.47 Å². The molecule has 2 aromatic rings. The van der Waals surface area contributed by atoms with Gasteiger partial charge in [0.2, 0.25) is 0 Å². The van der Waals surface area contributed by atoms with Gasteiger partial charge in [0.05, 0.1) is 18.9 Å². The molecule has 2 heterocycles. The van der Waals surface area contributed by atoms with Gasteiger partial charge in [-0.3, -0.25) is 0 Å². The minimum Gasteiger partial charge on any atom is -0.462 e. The summed E-state index contributed by atoms with van der Waals surface area (Å²) in [5.74, 6) is -0.346. The van der Waals surface area contributed by atoms with Gasteiger partial charge in [0.15, 0.2) is 5.65 Å². The molecule has 0 fully saturated rings. The van der Waals surface area contributed by atoms with Crippen molar-refractivity contribution in [1.82, 2.24) is 9.38 Å². The maximum Gasteiger partial charge on any atom is 0.341 e. The number of fused-ring (bicyclic) bond motifs is 1. The Morgan fingerprint density at radius 3 is 2.94 bits per heavy atom. The first-order chi connectivity index (χ1) is 8.67. The summed E-state index contributed by atoms with van der Waals surface area (Å²) < 4.78 is 12.0. The number of hydrogen-bond donors (Lipinski definition) is 0. The number of aromatic nitrogens is 2.